The third kappa shape index (κ3) is 4.94. The van der Waals surface area contributed by atoms with E-state index in [1.54, 1.807) is 41.2 Å². The average molecular weight is 415 g/mol. The molecule has 0 saturated carbocycles. The van der Waals surface area contributed by atoms with E-state index in [2.05, 4.69) is 9.71 Å². The summed E-state index contributed by atoms with van der Waals surface area (Å²) in [6.45, 7) is 1.87. The van der Waals surface area contributed by atoms with Gasteiger partial charge in [-0.3, -0.25) is 9.52 Å². The number of carboxylic acid groups (broad SMARTS) is 1. The highest BCUT2D eigenvalue weighted by Gasteiger charge is 2.16. The summed E-state index contributed by atoms with van der Waals surface area (Å²) in [5.41, 5.74) is 2.70. The lowest BCUT2D eigenvalue weighted by atomic mass is 10.1. The third-order valence-electron chi connectivity index (χ3n) is 4.28. The molecule has 0 unspecified atom stereocenters. The normalized spacial score (nSPS) is 11.2. The van der Waals surface area contributed by atoms with E-state index < -0.39 is 16.0 Å². The standard InChI is InChI=1S/C20H21N3O5S/c1-14-12-23(13-21-14)18-9-6-16(11-19(18)28-2)22-29(26,27)17-7-3-15(4-8-17)5-10-20(24)25/h3-4,6-9,11-13,22H,5,10H2,1-2H3,(H,24,25). The van der Waals surface area contributed by atoms with E-state index in [0.29, 0.717) is 17.9 Å². The van der Waals surface area contributed by atoms with Gasteiger partial charge in [0.1, 0.15) is 5.75 Å². The second-order valence-electron chi connectivity index (χ2n) is 6.45. The van der Waals surface area contributed by atoms with Crippen molar-refractivity contribution in [1.82, 2.24) is 9.55 Å². The van der Waals surface area contributed by atoms with Crippen molar-refractivity contribution in [1.29, 1.82) is 0 Å². The number of carboxylic acids is 1. The molecule has 2 aromatic carbocycles. The lowest BCUT2D eigenvalue weighted by molar-refractivity contribution is -0.136. The SMILES string of the molecule is COc1cc(NS(=O)(=O)c2ccc(CCC(=O)O)cc2)ccc1-n1cnc(C)c1. The quantitative estimate of drug-likeness (QED) is 0.585. The van der Waals surface area contributed by atoms with Gasteiger partial charge in [-0.2, -0.15) is 0 Å². The van der Waals surface area contributed by atoms with Crippen LogP contribution in [0.15, 0.2) is 59.9 Å². The number of hydrogen-bond acceptors (Lipinski definition) is 5. The highest BCUT2D eigenvalue weighted by Crippen LogP contribution is 2.28. The van der Waals surface area contributed by atoms with E-state index in [1.165, 1.54) is 19.2 Å². The van der Waals surface area contributed by atoms with Crippen LogP contribution in [0, 0.1) is 6.92 Å². The highest BCUT2D eigenvalue weighted by atomic mass is 32.2. The molecule has 0 saturated heterocycles. The van der Waals surface area contributed by atoms with Crippen LogP contribution in [0.25, 0.3) is 5.69 Å². The molecule has 0 fully saturated rings. The number of hydrogen-bond donors (Lipinski definition) is 2. The van der Waals surface area contributed by atoms with Gasteiger partial charge in [-0.15, -0.1) is 0 Å². The number of rotatable bonds is 8. The fourth-order valence-corrected chi connectivity index (χ4v) is 3.86. The van der Waals surface area contributed by atoms with Crippen molar-refractivity contribution < 1.29 is 23.1 Å². The number of imidazole rings is 1. The molecule has 0 aliphatic carbocycles. The van der Waals surface area contributed by atoms with Crippen LogP contribution in [0.4, 0.5) is 5.69 Å². The number of nitrogens with one attached hydrogen (secondary N) is 1. The maximum Gasteiger partial charge on any atom is 0.303 e. The summed E-state index contributed by atoms with van der Waals surface area (Å²) >= 11 is 0. The van der Waals surface area contributed by atoms with Gasteiger partial charge in [0.15, 0.2) is 0 Å². The molecular weight excluding hydrogens is 394 g/mol. The smallest absolute Gasteiger partial charge is 0.303 e. The Morgan fingerprint density at radius 1 is 1.21 bits per heavy atom. The van der Waals surface area contributed by atoms with Gasteiger partial charge in [-0.05, 0) is 43.2 Å². The molecule has 152 valence electrons. The number of benzene rings is 2. The van der Waals surface area contributed by atoms with Crippen molar-refractivity contribution in [3.05, 3.63) is 66.2 Å². The van der Waals surface area contributed by atoms with Crippen LogP contribution in [-0.4, -0.2) is 36.2 Å². The number of sulfonamides is 1. The summed E-state index contributed by atoms with van der Waals surface area (Å²) in [6.07, 6.45) is 3.83. The molecule has 2 N–H and O–H groups in total. The first-order valence-corrected chi connectivity index (χ1v) is 10.3. The molecule has 3 rings (SSSR count). The molecule has 1 heterocycles. The first kappa shape index (κ1) is 20.4. The summed E-state index contributed by atoms with van der Waals surface area (Å²) < 4.78 is 35.1. The molecule has 29 heavy (non-hydrogen) atoms. The van der Waals surface area contributed by atoms with Crippen LogP contribution in [0.1, 0.15) is 17.7 Å². The van der Waals surface area contributed by atoms with Crippen molar-refractivity contribution in [2.75, 3.05) is 11.8 Å². The van der Waals surface area contributed by atoms with Gasteiger partial charge in [-0.1, -0.05) is 12.1 Å². The molecule has 3 aromatic rings. The molecule has 0 atom stereocenters. The number of nitrogens with zero attached hydrogens (tertiary/aromatic N) is 2. The Bertz CT molecular complexity index is 1120. The maximum atomic E-state index is 12.7. The Morgan fingerprint density at radius 2 is 1.93 bits per heavy atom. The van der Waals surface area contributed by atoms with E-state index in [-0.39, 0.29) is 11.3 Å². The zero-order chi connectivity index (χ0) is 21.0. The van der Waals surface area contributed by atoms with Gasteiger partial charge in [0.05, 0.1) is 35.4 Å². The molecule has 0 amide bonds. The maximum absolute atomic E-state index is 12.7. The number of ether oxygens (including phenoxy) is 1. The first-order chi connectivity index (χ1) is 13.8. The van der Waals surface area contributed by atoms with Crippen LogP contribution >= 0.6 is 0 Å². The molecular formula is C20H21N3O5S. The fourth-order valence-electron chi connectivity index (χ4n) is 2.81. The molecule has 8 nitrogen and oxygen atoms in total. The summed E-state index contributed by atoms with van der Waals surface area (Å²) in [6, 6.07) is 11.1. The second-order valence-corrected chi connectivity index (χ2v) is 8.13. The van der Waals surface area contributed by atoms with Crippen LogP contribution in [-0.2, 0) is 21.2 Å². The Hall–Kier alpha value is -3.33. The molecule has 1 aromatic heterocycles. The van der Waals surface area contributed by atoms with Crippen molar-refractivity contribution in [2.24, 2.45) is 0 Å². The highest BCUT2D eigenvalue weighted by molar-refractivity contribution is 7.92. The fraction of sp³-hybridized carbons (Fsp3) is 0.200. The van der Waals surface area contributed by atoms with Crippen molar-refractivity contribution in [3.63, 3.8) is 0 Å². The molecule has 9 heteroatoms. The van der Waals surface area contributed by atoms with Crippen LogP contribution < -0.4 is 9.46 Å². The van der Waals surface area contributed by atoms with Gasteiger partial charge in [0.2, 0.25) is 0 Å². The topological polar surface area (TPSA) is 111 Å². The summed E-state index contributed by atoms with van der Waals surface area (Å²) in [5, 5.41) is 8.74. The number of methoxy groups -OCH3 is 1. The number of aryl methyl sites for hydroxylation is 2. The van der Waals surface area contributed by atoms with E-state index >= 15 is 0 Å². The molecule has 0 aliphatic rings. The first-order valence-electron chi connectivity index (χ1n) is 8.81. The number of aliphatic carboxylic acids is 1. The third-order valence-corrected chi connectivity index (χ3v) is 5.68. The molecule has 0 spiro atoms. The monoisotopic (exact) mass is 415 g/mol. The summed E-state index contributed by atoms with van der Waals surface area (Å²) in [7, 11) is -2.29. The van der Waals surface area contributed by atoms with Crippen LogP contribution in [0.3, 0.4) is 0 Å². The Labute approximate surface area is 168 Å². The number of anilines is 1. The van der Waals surface area contributed by atoms with E-state index in [4.69, 9.17) is 9.84 Å². The molecule has 0 radical (unpaired) electrons. The minimum absolute atomic E-state index is 0.00701. The predicted octanol–water partition coefficient (Wildman–Crippen LogP) is 3.01. The number of carbonyl (C=O) groups is 1. The van der Waals surface area contributed by atoms with Gasteiger partial charge in [0, 0.05) is 18.7 Å². The Morgan fingerprint density at radius 3 is 2.52 bits per heavy atom. The van der Waals surface area contributed by atoms with E-state index in [1.807, 2.05) is 13.1 Å². The van der Waals surface area contributed by atoms with Gasteiger partial charge in [-0.25, -0.2) is 13.4 Å². The lowest BCUT2D eigenvalue weighted by Gasteiger charge is -2.13. The second kappa shape index (κ2) is 8.36. The number of aromatic nitrogens is 2. The van der Waals surface area contributed by atoms with Gasteiger partial charge < -0.3 is 14.4 Å². The zero-order valence-corrected chi connectivity index (χ0v) is 16.8. The Balaban J connectivity index is 1.80. The summed E-state index contributed by atoms with van der Waals surface area (Å²) in [5.74, 6) is -0.404. The lowest BCUT2D eigenvalue weighted by Crippen LogP contribution is -2.13. The minimum Gasteiger partial charge on any atom is -0.494 e. The van der Waals surface area contributed by atoms with Gasteiger partial charge >= 0.3 is 5.97 Å². The average Bonchev–Trinajstić information content (AvgIpc) is 3.12. The van der Waals surface area contributed by atoms with Gasteiger partial charge in [0.25, 0.3) is 10.0 Å². The van der Waals surface area contributed by atoms with Crippen molar-refractivity contribution >= 4 is 21.7 Å². The van der Waals surface area contributed by atoms with Crippen LogP contribution in [0.5, 0.6) is 5.75 Å². The van der Waals surface area contributed by atoms with E-state index in [9.17, 15) is 13.2 Å². The predicted molar refractivity (Wildman–Crippen MR) is 108 cm³/mol. The van der Waals surface area contributed by atoms with E-state index in [0.717, 1.165) is 16.9 Å². The van der Waals surface area contributed by atoms with Crippen molar-refractivity contribution in [3.8, 4) is 11.4 Å². The summed E-state index contributed by atoms with van der Waals surface area (Å²) in [4.78, 5) is 14.9. The molecule has 0 bridgehead atoms. The van der Waals surface area contributed by atoms with Crippen molar-refractivity contribution in [2.45, 2.75) is 24.7 Å². The molecule has 0 aliphatic heterocycles. The van der Waals surface area contributed by atoms with Crippen LogP contribution in [0.2, 0.25) is 0 Å². The largest absolute Gasteiger partial charge is 0.494 e. The Kier molecular flexibility index (Phi) is 5.88. The minimum atomic E-state index is -3.80. The zero-order valence-electron chi connectivity index (χ0n) is 16.0.